The molecular weight excluding hydrogens is 471 g/mol. The lowest BCUT2D eigenvalue weighted by molar-refractivity contribution is 0.239. The quantitative estimate of drug-likeness (QED) is 0.312. The van der Waals surface area contributed by atoms with Gasteiger partial charge in [-0.25, -0.2) is 0 Å². The molecule has 0 unspecified atom stereocenters. The number of benzene rings is 2. The maximum absolute atomic E-state index is 13.2. The average Bonchev–Trinajstić information content (AvgIpc) is 2.72. The minimum absolute atomic E-state index is 0.133. The molecule has 2 atom stereocenters. The lowest BCUT2D eigenvalue weighted by Crippen LogP contribution is -2.68. The van der Waals surface area contributed by atoms with E-state index >= 15 is 0 Å². The Balaban J connectivity index is 2.62. The van der Waals surface area contributed by atoms with Gasteiger partial charge < -0.3 is 8.98 Å². The molecular formula is C28H43NO2SSi2. The second-order valence-corrected chi connectivity index (χ2v) is 23.3. The summed E-state index contributed by atoms with van der Waals surface area (Å²) in [6.07, 6.45) is 0. The van der Waals surface area contributed by atoms with Crippen molar-refractivity contribution in [2.75, 3.05) is 6.61 Å². The molecule has 0 spiro atoms. The van der Waals surface area contributed by atoms with Gasteiger partial charge in [-0.1, -0.05) is 107 Å². The molecule has 0 aliphatic carbocycles. The van der Waals surface area contributed by atoms with Gasteiger partial charge in [-0.3, -0.25) is 0 Å². The average molecular weight is 514 g/mol. The molecule has 2 rings (SSSR count). The van der Waals surface area contributed by atoms with Gasteiger partial charge in [0, 0.05) is 11.4 Å². The molecule has 0 fully saturated rings. The van der Waals surface area contributed by atoms with E-state index in [-0.39, 0.29) is 5.04 Å². The highest BCUT2D eigenvalue weighted by Gasteiger charge is 2.51. The number of nitrogens with one attached hydrogen (secondary N) is 1. The molecule has 3 nitrogen and oxygen atoms in total. The fourth-order valence-corrected chi connectivity index (χ4v) is 9.93. The topological polar surface area (TPSA) is 44.3 Å². The molecule has 0 saturated heterocycles. The van der Waals surface area contributed by atoms with Gasteiger partial charge in [0.25, 0.3) is 8.32 Å². The van der Waals surface area contributed by atoms with Gasteiger partial charge in [-0.15, -0.1) is 10.3 Å². The SMILES string of the molecule is CC(C)(C)[S@@+]([O-])N[C@@](C)(C#C[Si](C)(C)C)CO[Si](c1ccccc1)(c1ccccc1)C(C)(C)C. The molecule has 2 aromatic rings. The van der Waals surface area contributed by atoms with E-state index in [1.165, 1.54) is 10.4 Å². The second kappa shape index (κ2) is 10.7. The standard InChI is InChI=1S/C28H43NO2SSi2/c1-26(2,3)32(30)29-28(7,21-22-33(8,9)10)23-31-34(27(4,5)6,24-17-13-11-14-18-24)25-19-15-12-16-20-25/h11-20,29H,23H2,1-10H3/t28-,32+/m0/s1. The summed E-state index contributed by atoms with van der Waals surface area (Å²) >= 11 is -1.28. The third-order valence-electron chi connectivity index (χ3n) is 5.58. The van der Waals surface area contributed by atoms with E-state index in [1.54, 1.807) is 0 Å². The van der Waals surface area contributed by atoms with Gasteiger partial charge in [0.1, 0.15) is 18.4 Å². The highest BCUT2D eigenvalue weighted by Crippen LogP contribution is 2.37. The predicted molar refractivity (Wildman–Crippen MR) is 154 cm³/mol. The molecule has 0 saturated carbocycles. The smallest absolute Gasteiger partial charge is 0.261 e. The van der Waals surface area contributed by atoms with Gasteiger partial charge in [0.15, 0.2) is 0 Å². The molecule has 0 radical (unpaired) electrons. The highest BCUT2D eigenvalue weighted by molar-refractivity contribution is 7.90. The van der Waals surface area contributed by atoms with Crippen LogP contribution in [-0.2, 0) is 15.8 Å². The van der Waals surface area contributed by atoms with Crippen molar-refractivity contribution < 1.29 is 8.98 Å². The zero-order valence-corrected chi connectivity index (χ0v) is 25.5. The monoisotopic (exact) mass is 513 g/mol. The van der Waals surface area contributed by atoms with Crippen molar-refractivity contribution in [3.8, 4) is 11.5 Å². The minimum Gasteiger partial charge on any atom is -0.598 e. The van der Waals surface area contributed by atoms with Crippen LogP contribution in [0.2, 0.25) is 24.7 Å². The maximum atomic E-state index is 13.2. The summed E-state index contributed by atoms with van der Waals surface area (Å²) in [4.78, 5) is 0. The molecule has 0 aliphatic rings. The zero-order chi connectivity index (χ0) is 25.8. The Labute approximate surface area is 213 Å². The summed E-state index contributed by atoms with van der Waals surface area (Å²) in [5.41, 5.74) is 2.76. The van der Waals surface area contributed by atoms with Gasteiger partial charge >= 0.3 is 0 Å². The molecule has 186 valence electrons. The number of hydrogen-bond acceptors (Lipinski definition) is 3. The fraction of sp³-hybridized carbons (Fsp3) is 0.500. The Kier molecular flexibility index (Phi) is 9.12. The van der Waals surface area contributed by atoms with Gasteiger partial charge in [0.2, 0.25) is 0 Å². The van der Waals surface area contributed by atoms with E-state index in [9.17, 15) is 4.55 Å². The molecule has 0 bridgehead atoms. The van der Waals surface area contributed by atoms with Crippen LogP contribution >= 0.6 is 0 Å². The van der Waals surface area contributed by atoms with E-state index < -0.39 is 38.0 Å². The van der Waals surface area contributed by atoms with E-state index in [2.05, 4.69) is 105 Å². The largest absolute Gasteiger partial charge is 0.598 e. The first-order valence-corrected chi connectivity index (χ1v) is 18.6. The Hall–Kier alpha value is -1.34. The summed E-state index contributed by atoms with van der Waals surface area (Å²) < 4.78 is 23.3. The fourth-order valence-electron chi connectivity index (χ4n) is 3.79. The third kappa shape index (κ3) is 7.33. The molecule has 0 aliphatic heterocycles. The van der Waals surface area contributed by atoms with Crippen LogP contribution in [0.15, 0.2) is 60.7 Å². The van der Waals surface area contributed by atoms with Gasteiger partial charge in [0.05, 0.1) is 6.61 Å². The van der Waals surface area contributed by atoms with Crippen LogP contribution in [0.5, 0.6) is 0 Å². The Bertz CT molecular complexity index is 943. The Morgan fingerprint density at radius 1 is 0.824 bits per heavy atom. The van der Waals surface area contributed by atoms with E-state index in [0.717, 1.165) is 0 Å². The highest BCUT2D eigenvalue weighted by atomic mass is 32.2. The normalized spacial score (nSPS) is 15.7. The van der Waals surface area contributed by atoms with Gasteiger partial charge in [-0.2, -0.15) is 0 Å². The van der Waals surface area contributed by atoms with E-state index in [1.807, 2.05) is 39.8 Å². The van der Waals surface area contributed by atoms with Crippen molar-refractivity contribution in [2.45, 2.75) is 83.4 Å². The molecule has 1 N–H and O–H groups in total. The van der Waals surface area contributed by atoms with Crippen LogP contribution in [0.25, 0.3) is 0 Å². The summed E-state index contributed by atoms with van der Waals surface area (Å²) in [5, 5.41) is 2.32. The molecule has 6 heteroatoms. The van der Waals surface area contributed by atoms with Crippen LogP contribution < -0.4 is 15.1 Å². The third-order valence-corrected chi connectivity index (χ3v) is 13.2. The molecule has 0 aromatic heterocycles. The van der Waals surface area contributed by atoms with Crippen molar-refractivity contribution in [3.05, 3.63) is 60.7 Å². The summed E-state index contributed by atoms with van der Waals surface area (Å²) in [5.74, 6) is 3.47. The first-order valence-electron chi connectivity index (χ1n) is 12.0. The van der Waals surface area contributed by atoms with E-state index in [0.29, 0.717) is 6.61 Å². The molecule has 2 aromatic carbocycles. The molecule has 0 heterocycles. The lowest BCUT2D eigenvalue weighted by atomic mass is 10.1. The van der Waals surface area contributed by atoms with Crippen LogP contribution in [0.1, 0.15) is 48.5 Å². The predicted octanol–water partition coefficient (Wildman–Crippen LogP) is 5.25. The van der Waals surface area contributed by atoms with Crippen LogP contribution in [0.4, 0.5) is 0 Å². The zero-order valence-electron chi connectivity index (χ0n) is 22.7. The summed E-state index contributed by atoms with van der Waals surface area (Å²) in [6, 6.07) is 21.2. The van der Waals surface area contributed by atoms with Crippen molar-refractivity contribution in [1.82, 2.24) is 4.72 Å². The summed E-state index contributed by atoms with van der Waals surface area (Å²) in [7, 11) is -4.37. The maximum Gasteiger partial charge on any atom is 0.261 e. The summed E-state index contributed by atoms with van der Waals surface area (Å²) in [6.45, 7) is 21.8. The first-order chi connectivity index (χ1) is 15.5. The van der Waals surface area contributed by atoms with Gasteiger partial charge in [-0.05, 0) is 43.1 Å². The van der Waals surface area contributed by atoms with Crippen molar-refractivity contribution in [1.29, 1.82) is 0 Å². The number of rotatable bonds is 7. The lowest BCUT2D eigenvalue weighted by Gasteiger charge is -2.44. The van der Waals surface area contributed by atoms with Crippen LogP contribution in [0, 0.1) is 11.5 Å². The van der Waals surface area contributed by atoms with Crippen LogP contribution in [0.3, 0.4) is 0 Å². The number of hydrogen-bond donors (Lipinski definition) is 1. The van der Waals surface area contributed by atoms with Crippen molar-refractivity contribution in [3.63, 3.8) is 0 Å². The molecule has 34 heavy (non-hydrogen) atoms. The Morgan fingerprint density at radius 2 is 1.26 bits per heavy atom. The van der Waals surface area contributed by atoms with Crippen molar-refractivity contribution >= 4 is 38.1 Å². The second-order valence-electron chi connectivity index (χ2n) is 12.3. The Morgan fingerprint density at radius 3 is 1.62 bits per heavy atom. The minimum atomic E-state index is -2.73. The van der Waals surface area contributed by atoms with E-state index in [4.69, 9.17) is 4.43 Å². The van der Waals surface area contributed by atoms with Crippen LogP contribution in [-0.4, -0.2) is 37.8 Å². The molecule has 0 amide bonds. The van der Waals surface area contributed by atoms with Crippen molar-refractivity contribution in [2.24, 2.45) is 0 Å². The first kappa shape index (κ1) is 28.9.